The number of nitrogen functional groups attached to an aromatic ring is 1. The Morgan fingerprint density at radius 1 is 1.33 bits per heavy atom. The van der Waals surface area contributed by atoms with Gasteiger partial charge in [-0.1, -0.05) is 12.2 Å². The number of phenols is 1. The van der Waals surface area contributed by atoms with E-state index >= 15 is 0 Å². The van der Waals surface area contributed by atoms with E-state index in [2.05, 4.69) is 4.72 Å². The van der Waals surface area contributed by atoms with Crippen molar-refractivity contribution in [2.24, 2.45) is 0 Å². The number of nitrogens with one attached hydrogen (secondary N) is 1. The van der Waals surface area contributed by atoms with E-state index in [1.54, 1.807) is 0 Å². The van der Waals surface area contributed by atoms with E-state index in [9.17, 15) is 13.5 Å². The van der Waals surface area contributed by atoms with Gasteiger partial charge in [0.2, 0.25) is 10.0 Å². The standard InChI is InChI=1S/C12H16N2O3S/c13-11-8-10(6-7-12(11)15)18(16,17)14-9-4-2-1-3-5-9/h1-2,6-9,14-15H,3-5,13H2. The van der Waals surface area contributed by atoms with Gasteiger partial charge in [0.25, 0.3) is 0 Å². The molecule has 0 aromatic heterocycles. The third-order valence-corrected chi connectivity index (χ3v) is 4.42. The number of phenolic OH excluding ortho intramolecular Hbond substituents is 1. The van der Waals surface area contributed by atoms with Crippen LogP contribution in [0.1, 0.15) is 19.3 Å². The molecule has 1 aliphatic rings. The predicted molar refractivity (Wildman–Crippen MR) is 69.6 cm³/mol. The lowest BCUT2D eigenvalue weighted by Gasteiger charge is -2.19. The Kier molecular flexibility index (Phi) is 3.58. The Balaban J connectivity index is 2.19. The van der Waals surface area contributed by atoms with Crippen LogP contribution in [0.2, 0.25) is 0 Å². The number of hydrogen-bond donors (Lipinski definition) is 3. The maximum absolute atomic E-state index is 12.1. The zero-order valence-corrected chi connectivity index (χ0v) is 10.7. The van der Waals surface area contributed by atoms with Gasteiger partial charge in [0.05, 0.1) is 10.6 Å². The van der Waals surface area contributed by atoms with Crippen LogP contribution in [-0.4, -0.2) is 19.6 Å². The zero-order valence-electron chi connectivity index (χ0n) is 9.83. The fraction of sp³-hybridized carbons (Fsp3) is 0.333. The number of rotatable bonds is 3. The van der Waals surface area contributed by atoms with Crippen molar-refractivity contribution in [1.29, 1.82) is 0 Å². The van der Waals surface area contributed by atoms with Gasteiger partial charge in [0, 0.05) is 6.04 Å². The molecule has 0 aliphatic heterocycles. The van der Waals surface area contributed by atoms with Gasteiger partial charge in [-0.3, -0.25) is 0 Å². The molecule has 0 fully saturated rings. The van der Waals surface area contributed by atoms with Crippen molar-refractivity contribution in [1.82, 2.24) is 4.72 Å². The Morgan fingerprint density at radius 2 is 2.11 bits per heavy atom. The van der Waals surface area contributed by atoms with Crippen LogP contribution in [0.4, 0.5) is 5.69 Å². The molecule has 18 heavy (non-hydrogen) atoms. The third-order valence-electron chi connectivity index (χ3n) is 2.90. The summed E-state index contributed by atoms with van der Waals surface area (Å²) < 4.78 is 26.8. The minimum absolute atomic E-state index is 0.0569. The maximum Gasteiger partial charge on any atom is 0.240 e. The van der Waals surface area contributed by atoms with Crippen LogP contribution in [0.3, 0.4) is 0 Å². The minimum atomic E-state index is -3.57. The molecule has 0 saturated heterocycles. The normalized spacial score (nSPS) is 19.9. The van der Waals surface area contributed by atoms with Crippen molar-refractivity contribution in [3.05, 3.63) is 30.4 Å². The lowest BCUT2D eigenvalue weighted by Crippen LogP contribution is -2.35. The number of nitrogens with two attached hydrogens (primary N) is 1. The van der Waals surface area contributed by atoms with Crippen LogP contribution in [0.25, 0.3) is 0 Å². The number of allylic oxidation sites excluding steroid dienone is 1. The minimum Gasteiger partial charge on any atom is -0.506 e. The van der Waals surface area contributed by atoms with Gasteiger partial charge in [-0.05, 0) is 37.5 Å². The topological polar surface area (TPSA) is 92.4 Å². The van der Waals surface area contributed by atoms with Gasteiger partial charge in [-0.15, -0.1) is 0 Å². The molecule has 2 rings (SSSR count). The van der Waals surface area contributed by atoms with Gasteiger partial charge in [-0.2, -0.15) is 0 Å². The summed E-state index contributed by atoms with van der Waals surface area (Å²) in [6.07, 6.45) is 6.40. The summed E-state index contributed by atoms with van der Waals surface area (Å²) in [6, 6.07) is 3.81. The lowest BCUT2D eigenvalue weighted by atomic mass is 10.0. The molecule has 1 unspecified atom stereocenters. The SMILES string of the molecule is Nc1cc(S(=O)(=O)NC2CC=CCC2)ccc1O. The fourth-order valence-corrected chi connectivity index (χ4v) is 3.21. The summed E-state index contributed by atoms with van der Waals surface area (Å²) in [7, 11) is -3.57. The highest BCUT2D eigenvalue weighted by Crippen LogP contribution is 2.23. The molecule has 4 N–H and O–H groups in total. The van der Waals surface area contributed by atoms with Crippen molar-refractivity contribution < 1.29 is 13.5 Å². The van der Waals surface area contributed by atoms with Gasteiger partial charge >= 0.3 is 0 Å². The van der Waals surface area contributed by atoms with E-state index in [1.807, 2.05) is 12.2 Å². The second-order valence-corrected chi connectivity index (χ2v) is 6.04. The second kappa shape index (κ2) is 4.99. The molecule has 6 heteroatoms. The van der Waals surface area contributed by atoms with Crippen molar-refractivity contribution in [2.45, 2.75) is 30.2 Å². The molecule has 0 spiro atoms. The Morgan fingerprint density at radius 3 is 2.72 bits per heavy atom. The molecule has 5 nitrogen and oxygen atoms in total. The van der Waals surface area contributed by atoms with Crippen LogP contribution in [0, 0.1) is 0 Å². The third kappa shape index (κ3) is 2.83. The summed E-state index contributed by atoms with van der Waals surface area (Å²) in [5.74, 6) is -0.116. The number of hydrogen-bond acceptors (Lipinski definition) is 4. The summed E-state index contributed by atoms with van der Waals surface area (Å²) in [4.78, 5) is 0.0763. The molecule has 1 aliphatic carbocycles. The zero-order chi connectivity index (χ0) is 13.2. The molecule has 1 aromatic carbocycles. The first-order chi connectivity index (χ1) is 8.49. The van der Waals surface area contributed by atoms with Crippen LogP contribution in [0.15, 0.2) is 35.2 Å². The Labute approximate surface area is 106 Å². The van der Waals surface area contributed by atoms with Crippen LogP contribution in [-0.2, 0) is 10.0 Å². The molecule has 0 saturated carbocycles. The van der Waals surface area contributed by atoms with E-state index in [1.165, 1.54) is 18.2 Å². The van der Waals surface area contributed by atoms with Crippen LogP contribution < -0.4 is 10.5 Å². The van der Waals surface area contributed by atoms with E-state index < -0.39 is 10.0 Å². The summed E-state index contributed by atoms with van der Waals surface area (Å²) in [5, 5.41) is 9.28. The summed E-state index contributed by atoms with van der Waals surface area (Å²) >= 11 is 0. The van der Waals surface area contributed by atoms with Crippen molar-refractivity contribution in [2.75, 3.05) is 5.73 Å². The fourth-order valence-electron chi connectivity index (χ4n) is 1.89. The first kappa shape index (κ1) is 12.9. The molecule has 98 valence electrons. The highest BCUT2D eigenvalue weighted by molar-refractivity contribution is 7.89. The van der Waals surface area contributed by atoms with E-state index in [0.29, 0.717) is 6.42 Å². The first-order valence-electron chi connectivity index (χ1n) is 5.75. The molecule has 0 amide bonds. The predicted octanol–water partition coefficient (Wildman–Crippen LogP) is 1.36. The van der Waals surface area contributed by atoms with Gasteiger partial charge in [0.15, 0.2) is 0 Å². The van der Waals surface area contributed by atoms with E-state index in [-0.39, 0.29) is 22.4 Å². The molecule has 0 radical (unpaired) electrons. The highest BCUT2D eigenvalue weighted by Gasteiger charge is 2.20. The average Bonchev–Trinajstić information content (AvgIpc) is 2.33. The molecule has 1 aromatic rings. The van der Waals surface area contributed by atoms with Gasteiger partial charge < -0.3 is 10.8 Å². The second-order valence-electron chi connectivity index (χ2n) is 4.32. The molecular formula is C12H16N2O3S. The number of benzene rings is 1. The first-order valence-corrected chi connectivity index (χ1v) is 7.23. The van der Waals surface area contributed by atoms with Gasteiger partial charge in [0.1, 0.15) is 5.75 Å². The quantitative estimate of drug-likeness (QED) is 0.438. The Bertz CT molecular complexity index is 567. The number of aromatic hydroxyl groups is 1. The molecule has 0 heterocycles. The largest absolute Gasteiger partial charge is 0.506 e. The van der Waals surface area contributed by atoms with Crippen molar-refractivity contribution >= 4 is 15.7 Å². The summed E-state index contributed by atoms with van der Waals surface area (Å²) in [6.45, 7) is 0. The van der Waals surface area contributed by atoms with E-state index in [0.717, 1.165) is 12.8 Å². The van der Waals surface area contributed by atoms with Crippen molar-refractivity contribution in [3.63, 3.8) is 0 Å². The van der Waals surface area contributed by atoms with Crippen LogP contribution >= 0.6 is 0 Å². The highest BCUT2D eigenvalue weighted by atomic mass is 32.2. The maximum atomic E-state index is 12.1. The van der Waals surface area contributed by atoms with Crippen molar-refractivity contribution in [3.8, 4) is 5.75 Å². The van der Waals surface area contributed by atoms with E-state index in [4.69, 9.17) is 5.73 Å². The van der Waals surface area contributed by atoms with Crippen LogP contribution in [0.5, 0.6) is 5.75 Å². The number of anilines is 1. The number of sulfonamides is 1. The molecule has 1 atom stereocenters. The smallest absolute Gasteiger partial charge is 0.240 e. The average molecular weight is 268 g/mol. The Hall–Kier alpha value is -1.53. The lowest BCUT2D eigenvalue weighted by molar-refractivity contribution is 0.477. The monoisotopic (exact) mass is 268 g/mol. The molecule has 0 bridgehead atoms. The molecular weight excluding hydrogens is 252 g/mol. The van der Waals surface area contributed by atoms with Gasteiger partial charge in [-0.25, -0.2) is 13.1 Å². The summed E-state index contributed by atoms with van der Waals surface area (Å²) in [5.41, 5.74) is 5.55.